The van der Waals surface area contributed by atoms with Gasteiger partial charge in [0.1, 0.15) is 5.60 Å². The van der Waals surface area contributed by atoms with Crippen molar-refractivity contribution in [3.05, 3.63) is 0 Å². The van der Waals surface area contributed by atoms with E-state index in [-0.39, 0.29) is 0 Å². The fourth-order valence-corrected chi connectivity index (χ4v) is 2.78. The molecule has 1 saturated heterocycles. The fourth-order valence-electron chi connectivity index (χ4n) is 1.95. The Morgan fingerprint density at radius 2 is 1.89 bits per heavy atom. The highest BCUT2D eigenvalue weighted by atomic mass is 32.2. The molecule has 1 rings (SSSR count). The summed E-state index contributed by atoms with van der Waals surface area (Å²) < 4.78 is 32.8. The summed E-state index contributed by atoms with van der Waals surface area (Å²) in [5, 5.41) is 0. The van der Waals surface area contributed by atoms with E-state index in [4.69, 9.17) is 8.92 Å². The zero-order valence-electron chi connectivity index (χ0n) is 11.5. The number of hydrogen-bond acceptors (Lipinski definition) is 5. The molecule has 0 radical (unpaired) electrons. The molecule has 1 heterocycles. The lowest BCUT2D eigenvalue weighted by Crippen LogP contribution is -2.49. The SMILES string of the molecule is CC(C)(C)OC(=O)N1CCC[C@@]1(C)OS(C)(=O)=O. The van der Waals surface area contributed by atoms with Crippen LogP contribution in [0.4, 0.5) is 4.79 Å². The molecule has 0 N–H and O–H groups in total. The molecule has 0 unspecified atom stereocenters. The third-order valence-corrected chi connectivity index (χ3v) is 3.20. The minimum absolute atomic E-state index is 0.431. The molecule has 0 aromatic heterocycles. The Morgan fingerprint density at radius 3 is 2.33 bits per heavy atom. The van der Waals surface area contributed by atoms with Crippen molar-refractivity contribution >= 4 is 16.2 Å². The van der Waals surface area contributed by atoms with Gasteiger partial charge in [0.05, 0.1) is 6.26 Å². The van der Waals surface area contributed by atoms with E-state index in [0.29, 0.717) is 19.4 Å². The van der Waals surface area contributed by atoms with Crippen molar-refractivity contribution in [1.82, 2.24) is 4.90 Å². The maximum absolute atomic E-state index is 12.0. The van der Waals surface area contributed by atoms with Gasteiger partial charge in [0.2, 0.25) is 0 Å². The van der Waals surface area contributed by atoms with Gasteiger partial charge in [0.15, 0.2) is 5.72 Å². The van der Waals surface area contributed by atoms with Crippen LogP contribution in [0, 0.1) is 0 Å². The van der Waals surface area contributed by atoms with Crippen LogP contribution in [0.2, 0.25) is 0 Å². The van der Waals surface area contributed by atoms with Gasteiger partial charge < -0.3 is 4.74 Å². The average Bonchev–Trinajstić information content (AvgIpc) is 2.39. The van der Waals surface area contributed by atoms with Gasteiger partial charge in [-0.05, 0) is 40.5 Å². The Kier molecular flexibility index (Phi) is 3.97. The van der Waals surface area contributed by atoms with E-state index in [1.807, 2.05) is 0 Å². The number of carbonyl (C=O) groups is 1. The molecule has 0 aromatic rings. The molecule has 0 bridgehead atoms. The van der Waals surface area contributed by atoms with Crippen LogP contribution in [0.1, 0.15) is 40.5 Å². The second kappa shape index (κ2) is 4.70. The number of carbonyl (C=O) groups excluding carboxylic acids is 1. The summed E-state index contributed by atoms with van der Waals surface area (Å²) in [4.78, 5) is 13.3. The number of ether oxygens (including phenoxy) is 1. The van der Waals surface area contributed by atoms with Crippen molar-refractivity contribution in [1.29, 1.82) is 0 Å². The second-order valence-electron chi connectivity index (χ2n) is 5.70. The van der Waals surface area contributed by atoms with E-state index in [1.165, 1.54) is 4.90 Å². The topological polar surface area (TPSA) is 72.9 Å². The molecular weight excluding hydrogens is 258 g/mol. The van der Waals surface area contributed by atoms with E-state index in [9.17, 15) is 13.2 Å². The van der Waals surface area contributed by atoms with Gasteiger partial charge in [-0.3, -0.25) is 4.90 Å². The normalized spacial score (nSPS) is 25.3. The Bertz CT molecular complexity index is 425. The van der Waals surface area contributed by atoms with Crippen LogP contribution < -0.4 is 0 Å². The van der Waals surface area contributed by atoms with E-state index < -0.39 is 27.5 Å². The molecule has 0 aromatic carbocycles. The Balaban J connectivity index is 2.85. The van der Waals surface area contributed by atoms with E-state index in [0.717, 1.165) is 6.26 Å². The lowest BCUT2D eigenvalue weighted by molar-refractivity contribution is -0.0506. The van der Waals surface area contributed by atoms with Crippen LogP contribution >= 0.6 is 0 Å². The van der Waals surface area contributed by atoms with Gasteiger partial charge in [-0.25, -0.2) is 8.98 Å². The molecule has 7 heteroatoms. The van der Waals surface area contributed by atoms with Gasteiger partial charge in [0.25, 0.3) is 10.1 Å². The van der Waals surface area contributed by atoms with Crippen molar-refractivity contribution < 1.29 is 22.1 Å². The first-order valence-corrected chi connectivity index (χ1v) is 7.66. The second-order valence-corrected chi connectivity index (χ2v) is 7.27. The largest absolute Gasteiger partial charge is 0.444 e. The van der Waals surface area contributed by atoms with Crippen LogP contribution in [-0.2, 0) is 19.0 Å². The smallest absolute Gasteiger partial charge is 0.412 e. The zero-order valence-corrected chi connectivity index (χ0v) is 12.3. The predicted octanol–water partition coefficient (Wildman–Crippen LogP) is 1.71. The maximum Gasteiger partial charge on any atom is 0.412 e. The number of likely N-dealkylation sites (tertiary alicyclic amines) is 1. The average molecular weight is 279 g/mol. The lowest BCUT2D eigenvalue weighted by Gasteiger charge is -2.34. The fraction of sp³-hybridized carbons (Fsp3) is 0.909. The highest BCUT2D eigenvalue weighted by Gasteiger charge is 2.45. The third-order valence-electron chi connectivity index (χ3n) is 2.54. The Labute approximate surface area is 108 Å². The maximum atomic E-state index is 12.0. The standard InChI is InChI=1S/C11H21NO5S/c1-10(2,3)16-9(13)12-8-6-7-11(12,4)17-18(5,14)15/h6-8H2,1-5H3/t11-/m1/s1. The molecule has 1 fully saturated rings. The molecule has 1 amide bonds. The van der Waals surface area contributed by atoms with Gasteiger partial charge in [-0.15, -0.1) is 0 Å². The van der Waals surface area contributed by atoms with E-state index in [1.54, 1.807) is 27.7 Å². The Morgan fingerprint density at radius 1 is 1.33 bits per heavy atom. The zero-order chi connectivity index (χ0) is 14.2. The minimum atomic E-state index is -3.63. The van der Waals surface area contributed by atoms with Crippen LogP contribution in [0.25, 0.3) is 0 Å². The van der Waals surface area contributed by atoms with Crippen LogP contribution in [0.5, 0.6) is 0 Å². The molecule has 0 spiro atoms. The quantitative estimate of drug-likeness (QED) is 0.719. The third kappa shape index (κ3) is 4.13. The van der Waals surface area contributed by atoms with Crippen LogP contribution in [0.15, 0.2) is 0 Å². The number of hydrogen-bond donors (Lipinski definition) is 0. The molecule has 0 saturated carbocycles. The Hall–Kier alpha value is -0.820. The van der Waals surface area contributed by atoms with E-state index >= 15 is 0 Å². The summed E-state index contributed by atoms with van der Waals surface area (Å²) in [5.74, 6) is 0. The summed E-state index contributed by atoms with van der Waals surface area (Å²) in [6, 6.07) is 0. The highest BCUT2D eigenvalue weighted by molar-refractivity contribution is 7.86. The molecule has 1 aliphatic heterocycles. The van der Waals surface area contributed by atoms with Crippen molar-refractivity contribution in [2.45, 2.75) is 51.9 Å². The van der Waals surface area contributed by atoms with E-state index in [2.05, 4.69) is 0 Å². The molecule has 18 heavy (non-hydrogen) atoms. The van der Waals surface area contributed by atoms with Crippen LogP contribution in [0.3, 0.4) is 0 Å². The molecule has 6 nitrogen and oxygen atoms in total. The first kappa shape index (κ1) is 15.2. The van der Waals surface area contributed by atoms with Crippen molar-refractivity contribution in [3.63, 3.8) is 0 Å². The van der Waals surface area contributed by atoms with Crippen LogP contribution in [-0.4, -0.2) is 43.5 Å². The minimum Gasteiger partial charge on any atom is -0.444 e. The molecule has 106 valence electrons. The first-order valence-electron chi connectivity index (χ1n) is 5.84. The lowest BCUT2D eigenvalue weighted by atomic mass is 10.2. The molecule has 1 aliphatic rings. The molecule has 1 atom stereocenters. The summed E-state index contributed by atoms with van der Waals surface area (Å²) in [6.07, 6.45) is 1.58. The molecular formula is C11H21NO5S. The van der Waals surface area contributed by atoms with Gasteiger partial charge in [-0.2, -0.15) is 8.42 Å². The number of nitrogens with zero attached hydrogens (tertiary/aromatic N) is 1. The molecule has 0 aliphatic carbocycles. The summed E-state index contributed by atoms with van der Waals surface area (Å²) >= 11 is 0. The van der Waals surface area contributed by atoms with Gasteiger partial charge in [0, 0.05) is 6.54 Å². The van der Waals surface area contributed by atoms with Gasteiger partial charge >= 0.3 is 6.09 Å². The monoisotopic (exact) mass is 279 g/mol. The first-order chi connectivity index (χ1) is 7.93. The number of rotatable bonds is 2. The van der Waals surface area contributed by atoms with Crippen molar-refractivity contribution in [2.75, 3.05) is 12.8 Å². The van der Waals surface area contributed by atoms with Crippen molar-refractivity contribution in [2.24, 2.45) is 0 Å². The van der Waals surface area contributed by atoms with Gasteiger partial charge in [-0.1, -0.05) is 0 Å². The number of amides is 1. The highest BCUT2D eigenvalue weighted by Crippen LogP contribution is 2.32. The summed E-state index contributed by atoms with van der Waals surface area (Å²) in [5.41, 5.74) is -1.76. The summed E-state index contributed by atoms with van der Waals surface area (Å²) in [6.45, 7) is 7.30. The predicted molar refractivity (Wildman–Crippen MR) is 66.5 cm³/mol. The van der Waals surface area contributed by atoms with Crippen molar-refractivity contribution in [3.8, 4) is 0 Å². The summed E-state index contributed by atoms with van der Waals surface area (Å²) in [7, 11) is -3.63.